The number of hydrogen-bond acceptors (Lipinski definition) is 4. The fraction of sp³-hybridized carbons (Fsp3) is 0.471. The molecule has 4 nitrogen and oxygen atoms in total. The molecule has 1 fully saturated rings. The smallest absolute Gasteiger partial charge is 0.0723 e. The number of benzene rings is 1. The summed E-state index contributed by atoms with van der Waals surface area (Å²) in [5.74, 6) is 0.816. The Labute approximate surface area is 125 Å². The van der Waals surface area contributed by atoms with Crippen molar-refractivity contribution in [3.8, 4) is 0 Å². The minimum Gasteiger partial charge on any atom is -0.379 e. The van der Waals surface area contributed by atoms with E-state index in [1.807, 2.05) is 24.4 Å². The van der Waals surface area contributed by atoms with Gasteiger partial charge in [-0.1, -0.05) is 18.2 Å². The third-order valence-corrected chi connectivity index (χ3v) is 4.05. The van der Waals surface area contributed by atoms with Crippen molar-refractivity contribution in [3.63, 3.8) is 0 Å². The normalized spacial score (nSPS) is 14.6. The summed E-state index contributed by atoms with van der Waals surface area (Å²) in [6.45, 7) is 3.04. The summed E-state index contributed by atoms with van der Waals surface area (Å²) in [7, 11) is 2.10. The molecule has 2 N–H and O–H groups in total. The van der Waals surface area contributed by atoms with Crippen LogP contribution in [0, 0.1) is 5.92 Å². The monoisotopic (exact) mass is 285 g/mol. The highest BCUT2D eigenvalue weighted by Gasteiger charge is 2.21. The van der Waals surface area contributed by atoms with E-state index in [0.717, 1.165) is 42.1 Å². The highest BCUT2D eigenvalue weighted by Crippen LogP contribution is 2.30. The van der Waals surface area contributed by atoms with Gasteiger partial charge in [-0.15, -0.1) is 0 Å². The van der Waals surface area contributed by atoms with Crippen LogP contribution < -0.4 is 10.6 Å². The van der Waals surface area contributed by atoms with E-state index in [0.29, 0.717) is 6.54 Å². The summed E-state index contributed by atoms with van der Waals surface area (Å²) in [4.78, 5) is 6.72. The molecular weight excluding hydrogens is 262 g/mol. The Morgan fingerprint density at radius 2 is 2.14 bits per heavy atom. The molecule has 1 aliphatic rings. The van der Waals surface area contributed by atoms with Gasteiger partial charge in [0.1, 0.15) is 0 Å². The zero-order chi connectivity index (χ0) is 14.7. The topological polar surface area (TPSA) is 51.4 Å². The van der Waals surface area contributed by atoms with Crippen LogP contribution in [0.2, 0.25) is 0 Å². The van der Waals surface area contributed by atoms with E-state index in [2.05, 4.69) is 23.0 Å². The van der Waals surface area contributed by atoms with E-state index in [1.165, 1.54) is 18.5 Å². The Bertz CT molecular complexity index is 610. The van der Waals surface area contributed by atoms with Gasteiger partial charge in [-0.3, -0.25) is 4.98 Å². The van der Waals surface area contributed by atoms with Crippen molar-refractivity contribution >= 4 is 16.6 Å². The number of rotatable bonds is 7. The Morgan fingerprint density at radius 1 is 1.33 bits per heavy atom. The van der Waals surface area contributed by atoms with Crippen molar-refractivity contribution in [2.45, 2.75) is 19.4 Å². The van der Waals surface area contributed by atoms with Crippen LogP contribution in [0.5, 0.6) is 0 Å². The van der Waals surface area contributed by atoms with E-state index in [9.17, 15) is 0 Å². The maximum atomic E-state index is 5.88. The summed E-state index contributed by atoms with van der Waals surface area (Å²) >= 11 is 0. The quantitative estimate of drug-likeness (QED) is 0.794. The van der Waals surface area contributed by atoms with E-state index in [1.54, 1.807) is 0 Å². The number of aromatic nitrogens is 1. The van der Waals surface area contributed by atoms with Gasteiger partial charge in [-0.2, -0.15) is 0 Å². The van der Waals surface area contributed by atoms with Gasteiger partial charge >= 0.3 is 0 Å². The molecule has 0 unspecified atom stereocenters. The first-order valence-electron chi connectivity index (χ1n) is 7.65. The molecule has 3 rings (SSSR count). The minimum absolute atomic E-state index is 0.500. The van der Waals surface area contributed by atoms with Gasteiger partial charge in [-0.25, -0.2) is 0 Å². The number of fused-ring (bicyclic) bond motifs is 1. The van der Waals surface area contributed by atoms with Crippen LogP contribution in [0.3, 0.4) is 0 Å². The van der Waals surface area contributed by atoms with E-state index in [-0.39, 0.29) is 0 Å². The zero-order valence-electron chi connectivity index (χ0n) is 12.6. The standard InChI is InChI=1S/C17H23N3O/c1-20(8-9-21-12-13-6-7-13)17-14(10-18)11-19-16-5-3-2-4-15(16)17/h2-5,11,13H,6-10,12,18H2,1H3. The maximum absolute atomic E-state index is 5.88. The van der Waals surface area contributed by atoms with Gasteiger partial charge in [0, 0.05) is 43.9 Å². The predicted molar refractivity (Wildman–Crippen MR) is 86.4 cm³/mol. The van der Waals surface area contributed by atoms with Gasteiger partial charge in [0.15, 0.2) is 0 Å². The summed E-state index contributed by atoms with van der Waals surface area (Å²) < 4.78 is 5.75. The van der Waals surface area contributed by atoms with Crippen molar-refractivity contribution in [3.05, 3.63) is 36.0 Å². The van der Waals surface area contributed by atoms with Crippen LogP contribution in [0.15, 0.2) is 30.5 Å². The van der Waals surface area contributed by atoms with Gasteiger partial charge in [0.25, 0.3) is 0 Å². The zero-order valence-corrected chi connectivity index (χ0v) is 12.6. The number of nitrogens with zero attached hydrogens (tertiary/aromatic N) is 2. The average Bonchev–Trinajstić information content (AvgIpc) is 3.34. The maximum Gasteiger partial charge on any atom is 0.0723 e. The molecule has 0 spiro atoms. The molecule has 0 radical (unpaired) electrons. The lowest BCUT2D eigenvalue weighted by atomic mass is 10.1. The molecule has 0 bridgehead atoms. The molecule has 2 aromatic rings. The lowest BCUT2D eigenvalue weighted by Gasteiger charge is -2.23. The first-order chi connectivity index (χ1) is 10.3. The second kappa shape index (κ2) is 6.41. The van der Waals surface area contributed by atoms with Gasteiger partial charge in [-0.05, 0) is 24.8 Å². The average molecular weight is 285 g/mol. The van der Waals surface area contributed by atoms with E-state index in [4.69, 9.17) is 10.5 Å². The van der Waals surface area contributed by atoms with Crippen LogP contribution in [0.1, 0.15) is 18.4 Å². The van der Waals surface area contributed by atoms with Crippen molar-refractivity contribution < 1.29 is 4.74 Å². The molecule has 0 aliphatic heterocycles. The second-order valence-electron chi connectivity index (χ2n) is 5.79. The molecule has 0 atom stereocenters. The molecule has 112 valence electrons. The number of para-hydroxylation sites is 1. The number of ether oxygens (including phenoxy) is 1. The predicted octanol–water partition coefficient (Wildman–Crippen LogP) is 2.56. The summed E-state index contributed by atoms with van der Waals surface area (Å²) in [5, 5.41) is 1.16. The van der Waals surface area contributed by atoms with Crippen LogP contribution in [-0.2, 0) is 11.3 Å². The molecule has 0 amide bonds. The Morgan fingerprint density at radius 3 is 2.90 bits per heavy atom. The molecule has 1 aliphatic carbocycles. The van der Waals surface area contributed by atoms with Crippen LogP contribution in [-0.4, -0.2) is 31.8 Å². The minimum atomic E-state index is 0.500. The van der Waals surface area contributed by atoms with Gasteiger partial charge in [0.05, 0.1) is 17.8 Å². The third kappa shape index (κ3) is 3.34. The molecule has 1 heterocycles. The first-order valence-corrected chi connectivity index (χ1v) is 7.65. The summed E-state index contributed by atoms with van der Waals surface area (Å²) in [6.07, 6.45) is 4.56. The Hall–Kier alpha value is -1.65. The Kier molecular flexibility index (Phi) is 4.36. The fourth-order valence-electron chi connectivity index (χ4n) is 2.62. The van der Waals surface area contributed by atoms with Crippen LogP contribution in [0.4, 0.5) is 5.69 Å². The second-order valence-corrected chi connectivity index (χ2v) is 5.79. The third-order valence-electron chi connectivity index (χ3n) is 4.05. The number of likely N-dealkylation sites (N-methyl/N-ethyl adjacent to an activating group) is 1. The van der Waals surface area contributed by atoms with Gasteiger partial charge in [0.2, 0.25) is 0 Å². The Balaban J connectivity index is 1.76. The molecular formula is C17H23N3O. The summed E-state index contributed by atoms with van der Waals surface area (Å²) in [6, 6.07) is 8.21. The fourth-order valence-corrected chi connectivity index (χ4v) is 2.62. The molecule has 1 aromatic carbocycles. The van der Waals surface area contributed by atoms with Crippen LogP contribution >= 0.6 is 0 Å². The number of hydrogen-bond donors (Lipinski definition) is 1. The number of pyridine rings is 1. The lowest BCUT2D eigenvalue weighted by molar-refractivity contribution is 0.131. The largest absolute Gasteiger partial charge is 0.379 e. The first kappa shape index (κ1) is 14.3. The SMILES string of the molecule is CN(CCOCC1CC1)c1c(CN)cnc2ccccc12. The van der Waals surface area contributed by atoms with Crippen LogP contribution in [0.25, 0.3) is 10.9 Å². The number of nitrogens with two attached hydrogens (primary N) is 1. The molecule has 21 heavy (non-hydrogen) atoms. The summed E-state index contributed by atoms with van der Waals surface area (Å²) in [5.41, 5.74) is 9.15. The van der Waals surface area contributed by atoms with Crippen molar-refractivity contribution in [1.29, 1.82) is 0 Å². The lowest BCUT2D eigenvalue weighted by Crippen LogP contribution is -2.25. The highest BCUT2D eigenvalue weighted by molar-refractivity contribution is 5.93. The highest BCUT2D eigenvalue weighted by atomic mass is 16.5. The van der Waals surface area contributed by atoms with Crippen molar-refractivity contribution in [2.75, 3.05) is 31.7 Å². The molecule has 1 saturated carbocycles. The van der Waals surface area contributed by atoms with E-state index >= 15 is 0 Å². The molecule has 1 aromatic heterocycles. The number of anilines is 1. The van der Waals surface area contributed by atoms with Gasteiger partial charge < -0.3 is 15.4 Å². The molecule has 4 heteroatoms. The van der Waals surface area contributed by atoms with E-state index < -0.39 is 0 Å². The van der Waals surface area contributed by atoms with Crippen molar-refractivity contribution in [1.82, 2.24) is 4.98 Å². The molecule has 0 saturated heterocycles. The van der Waals surface area contributed by atoms with Crippen molar-refractivity contribution in [2.24, 2.45) is 11.7 Å².